The molecule has 0 aliphatic carbocycles. The molecule has 1 aromatic rings. The van der Waals surface area contributed by atoms with E-state index in [1.54, 1.807) is 13.2 Å². The molecule has 0 atom stereocenters. The largest absolute Gasteiger partial charge is 0.385 e. The number of ether oxygens (including phenoxy) is 1. The zero-order chi connectivity index (χ0) is 14.8. The van der Waals surface area contributed by atoms with Crippen LogP contribution < -0.4 is 5.32 Å². The lowest BCUT2D eigenvalue weighted by Crippen LogP contribution is -2.35. The van der Waals surface area contributed by atoms with Crippen LogP contribution in [0.2, 0.25) is 0 Å². The standard InChI is InChI=1S/C15H21N3O2/c1-18(12-15(19)17-7-4-8-20-2)11-14-6-3-5-13(9-14)10-16/h3,5-6,9H,4,7-8,11-12H2,1-2H3,(H,17,19). The van der Waals surface area contributed by atoms with E-state index in [-0.39, 0.29) is 5.91 Å². The molecule has 0 spiro atoms. The fraction of sp³-hybridized carbons (Fsp3) is 0.467. The summed E-state index contributed by atoms with van der Waals surface area (Å²) in [5.41, 5.74) is 1.67. The van der Waals surface area contributed by atoms with Crippen LogP contribution in [0.1, 0.15) is 17.5 Å². The molecule has 0 radical (unpaired) electrons. The Morgan fingerprint density at radius 2 is 2.30 bits per heavy atom. The molecule has 0 aliphatic rings. The number of amides is 1. The molecule has 1 N–H and O–H groups in total. The van der Waals surface area contributed by atoms with E-state index in [1.165, 1.54) is 0 Å². The summed E-state index contributed by atoms with van der Waals surface area (Å²) in [5.74, 6) is 0.0000378. The Labute approximate surface area is 120 Å². The lowest BCUT2D eigenvalue weighted by Gasteiger charge is -2.16. The Bertz CT molecular complexity index is 468. The van der Waals surface area contributed by atoms with Crippen molar-refractivity contribution in [2.24, 2.45) is 0 Å². The summed E-state index contributed by atoms with van der Waals surface area (Å²) in [4.78, 5) is 13.6. The first-order valence-electron chi connectivity index (χ1n) is 6.59. The van der Waals surface area contributed by atoms with Gasteiger partial charge in [-0.3, -0.25) is 9.69 Å². The minimum absolute atomic E-state index is 0.0000378. The number of carbonyl (C=O) groups excluding carboxylic acids is 1. The molecule has 108 valence electrons. The third-order valence-electron chi connectivity index (χ3n) is 2.77. The second-order valence-electron chi connectivity index (χ2n) is 4.68. The minimum atomic E-state index is 0.0000378. The number of rotatable bonds is 8. The van der Waals surface area contributed by atoms with Crippen molar-refractivity contribution in [3.05, 3.63) is 35.4 Å². The molecule has 0 unspecified atom stereocenters. The third-order valence-corrected chi connectivity index (χ3v) is 2.77. The van der Waals surface area contributed by atoms with Crippen LogP contribution in [0.4, 0.5) is 0 Å². The highest BCUT2D eigenvalue weighted by Crippen LogP contribution is 2.06. The highest BCUT2D eigenvalue weighted by Gasteiger charge is 2.07. The normalized spacial score (nSPS) is 10.3. The van der Waals surface area contributed by atoms with E-state index in [9.17, 15) is 4.79 Å². The molecule has 1 aromatic carbocycles. The zero-order valence-electron chi connectivity index (χ0n) is 12.1. The third kappa shape index (κ3) is 6.32. The van der Waals surface area contributed by atoms with Gasteiger partial charge in [-0.2, -0.15) is 5.26 Å². The number of methoxy groups -OCH3 is 1. The summed E-state index contributed by atoms with van der Waals surface area (Å²) in [6.07, 6.45) is 0.816. The Kier molecular flexibility index (Phi) is 7.33. The van der Waals surface area contributed by atoms with Gasteiger partial charge in [0.2, 0.25) is 5.91 Å². The molecule has 0 saturated heterocycles. The van der Waals surface area contributed by atoms with Gasteiger partial charge in [0.05, 0.1) is 18.2 Å². The van der Waals surface area contributed by atoms with E-state index in [1.807, 2.05) is 30.1 Å². The summed E-state index contributed by atoms with van der Waals surface area (Å²) >= 11 is 0. The molecule has 0 aromatic heterocycles. The van der Waals surface area contributed by atoms with Crippen molar-refractivity contribution in [1.82, 2.24) is 10.2 Å². The number of likely N-dealkylation sites (N-methyl/N-ethyl adjacent to an activating group) is 1. The molecular weight excluding hydrogens is 254 g/mol. The molecule has 0 bridgehead atoms. The molecule has 0 heterocycles. The molecule has 0 fully saturated rings. The smallest absolute Gasteiger partial charge is 0.234 e. The van der Waals surface area contributed by atoms with Crippen molar-refractivity contribution in [3.8, 4) is 6.07 Å². The lowest BCUT2D eigenvalue weighted by molar-refractivity contribution is -0.122. The maximum atomic E-state index is 11.7. The average Bonchev–Trinajstić information content (AvgIpc) is 2.43. The highest BCUT2D eigenvalue weighted by atomic mass is 16.5. The van der Waals surface area contributed by atoms with Crippen molar-refractivity contribution in [2.45, 2.75) is 13.0 Å². The van der Waals surface area contributed by atoms with Crippen molar-refractivity contribution in [2.75, 3.05) is 33.9 Å². The Balaban J connectivity index is 2.33. The van der Waals surface area contributed by atoms with Crippen LogP contribution in [0, 0.1) is 11.3 Å². The Morgan fingerprint density at radius 1 is 1.50 bits per heavy atom. The molecular formula is C15H21N3O2. The molecule has 0 aliphatic heterocycles. The quantitative estimate of drug-likeness (QED) is 0.723. The SMILES string of the molecule is COCCCNC(=O)CN(C)Cc1cccc(C#N)c1. The van der Waals surface area contributed by atoms with Crippen LogP contribution in [0.25, 0.3) is 0 Å². The second kappa shape index (κ2) is 9.08. The van der Waals surface area contributed by atoms with E-state index in [4.69, 9.17) is 10.00 Å². The van der Waals surface area contributed by atoms with Crippen LogP contribution in [-0.2, 0) is 16.1 Å². The van der Waals surface area contributed by atoms with Gasteiger partial charge in [0.25, 0.3) is 0 Å². The monoisotopic (exact) mass is 275 g/mol. The molecule has 0 saturated carbocycles. The highest BCUT2D eigenvalue weighted by molar-refractivity contribution is 5.77. The predicted molar refractivity (Wildman–Crippen MR) is 77.0 cm³/mol. The van der Waals surface area contributed by atoms with E-state index >= 15 is 0 Å². The minimum Gasteiger partial charge on any atom is -0.385 e. The fourth-order valence-corrected chi connectivity index (χ4v) is 1.85. The topological polar surface area (TPSA) is 65.4 Å². The van der Waals surface area contributed by atoms with Gasteiger partial charge >= 0.3 is 0 Å². The van der Waals surface area contributed by atoms with Gasteiger partial charge in [-0.15, -0.1) is 0 Å². The number of nitrogens with zero attached hydrogens (tertiary/aromatic N) is 2. The summed E-state index contributed by atoms with van der Waals surface area (Å²) in [6, 6.07) is 9.53. The first kappa shape index (κ1) is 16.2. The summed E-state index contributed by atoms with van der Waals surface area (Å²) in [7, 11) is 3.53. The van der Waals surface area contributed by atoms with E-state index < -0.39 is 0 Å². The van der Waals surface area contributed by atoms with Gasteiger partial charge in [0, 0.05) is 26.8 Å². The van der Waals surface area contributed by atoms with Gasteiger partial charge in [-0.1, -0.05) is 12.1 Å². The molecule has 1 rings (SSSR count). The molecule has 1 amide bonds. The first-order chi connectivity index (χ1) is 9.65. The average molecular weight is 275 g/mol. The Hall–Kier alpha value is -1.90. The van der Waals surface area contributed by atoms with Crippen LogP contribution in [0.15, 0.2) is 24.3 Å². The summed E-state index contributed by atoms with van der Waals surface area (Å²) in [6.45, 7) is 2.26. The maximum Gasteiger partial charge on any atom is 0.234 e. The molecule has 20 heavy (non-hydrogen) atoms. The Morgan fingerprint density at radius 3 is 3.00 bits per heavy atom. The summed E-state index contributed by atoms with van der Waals surface area (Å²) in [5, 5.41) is 11.7. The summed E-state index contributed by atoms with van der Waals surface area (Å²) < 4.78 is 4.92. The van der Waals surface area contributed by atoms with Crippen molar-refractivity contribution < 1.29 is 9.53 Å². The number of benzene rings is 1. The van der Waals surface area contributed by atoms with Crippen LogP contribution in [0.3, 0.4) is 0 Å². The van der Waals surface area contributed by atoms with Crippen molar-refractivity contribution >= 4 is 5.91 Å². The van der Waals surface area contributed by atoms with Gasteiger partial charge in [-0.25, -0.2) is 0 Å². The van der Waals surface area contributed by atoms with Crippen LogP contribution >= 0.6 is 0 Å². The van der Waals surface area contributed by atoms with Crippen molar-refractivity contribution in [3.63, 3.8) is 0 Å². The van der Waals surface area contributed by atoms with E-state index in [2.05, 4.69) is 11.4 Å². The number of carbonyl (C=O) groups is 1. The van der Waals surface area contributed by atoms with E-state index in [0.29, 0.717) is 31.8 Å². The number of nitriles is 1. The van der Waals surface area contributed by atoms with E-state index in [0.717, 1.165) is 12.0 Å². The van der Waals surface area contributed by atoms with Crippen molar-refractivity contribution in [1.29, 1.82) is 5.26 Å². The fourth-order valence-electron chi connectivity index (χ4n) is 1.85. The zero-order valence-corrected chi connectivity index (χ0v) is 12.1. The van der Waals surface area contributed by atoms with Crippen LogP contribution in [0.5, 0.6) is 0 Å². The number of hydrogen-bond donors (Lipinski definition) is 1. The van der Waals surface area contributed by atoms with Gasteiger partial charge in [0.15, 0.2) is 0 Å². The lowest BCUT2D eigenvalue weighted by atomic mass is 10.1. The van der Waals surface area contributed by atoms with Gasteiger partial charge in [-0.05, 0) is 31.2 Å². The second-order valence-corrected chi connectivity index (χ2v) is 4.68. The maximum absolute atomic E-state index is 11.7. The number of nitrogens with one attached hydrogen (secondary N) is 1. The van der Waals surface area contributed by atoms with Crippen LogP contribution in [-0.4, -0.2) is 44.7 Å². The first-order valence-corrected chi connectivity index (χ1v) is 6.59. The van der Waals surface area contributed by atoms with Gasteiger partial charge in [0.1, 0.15) is 0 Å². The predicted octanol–water partition coefficient (Wildman–Crippen LogP) is 1.14. The van der Waals surface area contributed by atoms with Gasteiger partial charge < -0.3 is 10.1 Å². The number of hydrogen-bond acceptors (Lipinski definition) is 4. The molecule has 5 nitrogen and oxygen atoms in total. The molecule has 5 heteroatoms.